The number of hydrogen-bond donors (Lipinski definition) is 1. The van der Waals surface area contributed by atoms with E-state index in [9.17, 15) is 0 Å². The molecule has 3 nitrogen and oxygen atoms in total. The maximum absolute atomic E-state index is 5.33. The van der Waals surface area contributed by atoms with E-state index in [0.717, 1.165) is 31.0 Å². The van der Waals surface area contributed by atoms with Crippen molar-refractivity contribution in [3.05, 3.63) is 59.7 Å². The molecule has 118 valence electrons. The molecule has 0 radical (unpaired) electrons. The van der Waals surface area contributed by atoms with Gasteiger partial charge < -0.3 is 14.8 Å². The Morgan fingerprint density at radius 2 is 1.68 bits per heavy atom. The Hall–Kier alpha value is -2.00. The fourth-order valence-electron chi connectivity index (χ4n) is 2.49. The van der Waals surface area contributed by atoms with Gasteiger partial charge in [0.05, 0.1) is 14.2 Å². The summed E-state index contributed by atoms with van der Waals surface area (Å²) in [4.78, 5) is 0. The molecule has 0 bridgehead atoms. The average Bonchev–Trinajstić information content (AvgIpc) is 2.59. The van der Waals surface area contributed by atoms with Crippen LogP contribution < -0.4 is 14.8 Å². The minimum absolute atomic E-state index is 0.520. The summed E-state index contributed by atoms with van der Waals surface area (Å²) in [6, 6.07) is 16.7. The number of hydrogen-bond acceptors (Lipinski definition) is 3. The fourth-order valence-corrected chi connectivity index (χ4v) is 2.49. The van der Waals surface area contributed by atoms with Crippen LogP contribution in [-0.2, 0) is 6.42 Å². The Labute approximate surface area is 133 Å². The zero-order valence-corrected chi connectivity index (χ0v) is 13.6. The lowest BCUT2D eigenvalue weighted by Gasteiger charge is -2.13. The van der Waals surface area contributed by atoms with E-state index < -0.39 is 0 Å². The summed E-state index contributed by atoms with van der Waals surface area (Å²) in [5.41, 5.74) is 2.62. The van der Waals surface area contributed by atoms with Gasteiger partial charge in [-0.25, -0.2) is 0 Å². The predicted octanol–water partition coefficient (Wildman–Crippen LogP) is 3.64. The molecular formula is C19H25NO2. The second kappa shape index (κ2) is 8.44. The van der Waals surface area contributed by atoms with Crippen LogP contribution in [-0.4, -0.2) is 27.3 Å². The van der Waals surface area contributed by atoms with Gasteiger partial charge in [0.2, 0.25) is 0 Å². The SMILES string of the molecule is COc1ccc(CCNCC(C)c2ccccc2)cc1OC. The normalized spacial score (nSPS) is 12.0. The minimum Gasteiger partial charge on any atom is -0.493 e. The minimum atomic E-state index is 0.520. The van der Waals surface area contributed by atoms with Gasteiger partial charge in [0.1, 0.15) is 0 Å². The van der Waals surface area contributed by atoms with Crippen molar-refractivity contribution < 1.29 is 9.47 Å². The lowest BCUT2D eigenvalue weighted by Crippen LogP contribution is -2.22. The molecule has 0 saturated carbocycles. The van der Waals surface area contributed by atoms with E-state index in [1.807, 2.05) is 12.1 Å². The van der Waals surface area contributed by atoms with Crippen molar-refractivity contribution in [1.82, 2.24) is 5.32 Å². The summed E-state index contributed by atoms with van der Waals surface area (Å²) in [6.45, 7) is 4.18. The maximum Gasteiger partial charge on any atom is 0.160 e. The number of methoxy groups -OCH3 is 2. The highest BCUT2D eigenvalue weighted by Crippen LogP contribution is 2.27. The zero-order valence-electron chi connectivity index (χ0n) is 13.6. The van der Waals surface area contributed by atoms with E-state index in [-0.39, 0.29) is 0 Å². The highest BCUT2D eigenvalue weighted by molar-refractivity contribution is 5.42. The van der Waals surface area contributed by atoms with Crippen LogP contribution in [0.25, 0.3) is 0 Å². The van der Waals surface area contributed by atoms with E-state index in [1.165, 1.54) is 11.1 Å². The van der Waals surface area contributed by atoms with Crippen LogP contribution >= 0.6 is 0 Å². The van der Waals surface area contributed by atoms with Crippen LogP contribution in [0.4, 0.5) is 0 Å². The molecule has 0 spiro atoms. The Balaban J connectivity index is 1.79. The smallest absolute Gasteiger partial charge is 0.160 e. The van der Waals surface area contributed by atoms with E-state index in [2.05, 4.69) is 48.6 Å². The van der Waals surface area contributed by atoms with Crippen LogP contribution in [0.3, 0.4) is 0 Å². The summed E-state index contributed by atoms with van der Waals surface area (Å²) in [5.74, 6) is 2.08. The topological polar surface area (TPSA) is 30.5 Å². The molecule has 1 unspecified atom stereocenters. The molecule has 0 aliphatic rings. The van der Waals surface area contributed by atoms with Gasteiger partial charge in [0, 0.05) is 6.54 Å². The second-order valence-electron chi connectivity index (χ2n) is 5.46. The van der Waals surface area contributed by atoms with E-state index >= 15 is 0 Å². The molecule has 2 aromatic rings. The van der Waals surface area contributed by atoms with Crippen LogP contribution in [0.15, 0.2) is 48.5 Å². The monoisotopic (exact) mass is 299 g/mol. The van der Waals surface area contributed by atoms with Crippen molar-refractivity contribution in [2.75, 3.05) is 27.3 Å². The lowest BCUT2D eigenvalue weighted by molar-refractivity contribution is 0.354. The number of benzene rings is 2. The molecular weight excluding hydrogens is 274 g/mol. The first-order valence-electron chi connectivity index (χ1n) is 7.71. The number of rotatable bonds is 8. The second-order valence-corrected chi connectivity index (χ2v) is 5.46. The molecule has 3 heteroatoms. The van der Waals surface area contributed by atoms with Crippen molar-refractivity contribution in [1.29, 1.82) is 0 Å². The van der Waals surface area contributed by atoms with Gasteiger partial charge in [-0.15, -0.1) is 0 Å². The number of ether oxygens (including phenoxy) is 2. The highest BCUT2D eigenvalue weighted by Gasteiger charge is 2.06. The average molecular weight is 299 g/mol. The molecule has 0 saturated heterocycles. The van der Waals surface area contributed by atoms with Gasteiger partial charge in [-0.3, -0.25) is 0 Å². The third-order valence-corrected chi connectivity index (χ3v) is 3.86. The van der Waals surface area contributed by atoms with Crippen LogP contribution in [0.1, 0.15) is 24.0 Å². The summed E-state index contributed by atoms with van der Waals surface area (Å²) >= 11 is 0. The largest absolute Gasteiger partial charge is 0.493 e. The molecule has 0 aliphatic carbocycles. The summed E-state index contributed by atoms with van der Waals surface area (Å²) in [7, 11) is 3.32. The van der Waals surface area contributed by atoms with Crippen molar-refractivity contribution in [2.45, 2.75) is 19.3 Å². The van der Waals surface area contributed by atoms with E-state index in [4.69, 9.17) is 9.47 Å². The summed E-state index contributed by atoms with van der Waals surface area (Å²) < 4.78 is 10.6. The van der Waals surface area contributed by atoms with Crippen molar-refractivity contribution in [3.63, 3.8) is 0 Å². The Morgan fingerprint density at radius 1 is 0.955 bits per heavy atom. The maximum atomic E-state index is 5.33. The standard InChI is InChI=1S/C19H25NO2/c1-15(17-7-5-4-6-8-17)14-20-12-11-16-9-10-18(21-2)19(13-16)22-3/h4-10,13,15,20H,11-12,14H2,1-3H3. The van der Waals surface area contributed by atoms with Crippen molar-refractivity contribution in [2.24, 2.45) is 0 Å². The summed E-state index contributed by atoms with van der Waals surface area (Å²) in [5, 5.41) is 3.53. The first kappa shape index (κ1) is 16.4. The van der Waals surface area contributed by atoms with Gasteiger partial charge in [0.25, 0.3) is 0 Å². The zero-order chi connectivity index (χ0) is 15.8. The molecule has 2 aromatic carbocycles. The predicted molar refractivity (Wildman–Crippen MR) is 91.0 cm³/mol. The molecule has 0 heterocycles. The van der Waals surface area contributed by atoms with Gasteiger partial charge in [0.15, 0.2) is 11.5 Å². The van der Waals surface area contributed by atoms with Gasteiger partial charge in [-0.2, -0.15) is 0 Å². The molecule has 0 aliphatic heterocycles. The Morgan fingerprint density at radius 3 is 2.36 bits per heavy atom. The highest BCUT2D eigenvalue weighted by atomic mass is 16.5. The van der Waals surface area contributed by atoms with E-state index in [1.54, 1.807) is 14.2 Å². The Bertz CT molecular complexity index is 569. The van der Waals surface area contributed by atoms with E-state index in [0.29, 0.717) is 5.92 Å². The first-order valence-corrected chi connectivity index (χ1v) is 7.71. The number of nitrogens with one attached hydrogen (secondary N) is 1. The van der Waals surface area contributed by atoms with Gasteiger partial charge >= 0.3 is 0 Å². The third kappa shape index (κ3) is 4.50. The van der Waals surface area contributed by atoms with Crippen LogP contribution in [0.2, 0.25) is 0 Å². The van der Waals surface area contributed by atoms with Gasteiger partial charge in [-0.1, -0.05) is 43.3 Å². The quantitative estimate of drug-likeness (QED) is 0.755. The molecule has 1 N–H and O–H groups in total. The van der Waals surface area contributed by atoms with Crippen molar-refractivity contribution >= 4 is 0 Å². The molecule has 0 aromatic heterocycles. The molecule has 0 amide bonds. The van der Waals surface area contributed by atoms with Crippen LogP contribution in [0.5, 0.6) is 11.5 Å². The lowest BCUT2D eigenvalue weighted by atomic mass is 10.0. The molecule has 22 heavy (non-hydrogen) atoms. The molecule has 2 rings (SSSR count). The Kier molecular flexibility index (Phi) is 6.28. The molecule has 0 fully saturated rings. The third-order valence-electron chi connectivity index (χ3n) is 3.86. The summed E-state index contributed by atoms with van der Waals surface area (Å²) in [6.07, 6.45) is 0.974. The van der Waals surface area contributed by atoms with Crippen LogP contribution in [0, 0.1) is 0 Å². The van der Waals surface area contributed by atoms with Gasteiger partial charge in [-0.05, 0) is 42.1 Å². The first-order chi connectivity index (χ1) is 10.7. The fraction of sp³-hybridized carbons (Fsp3) is 0.368. The molecule has 1 atom stereocenters. The van der Waals surface area contributed by atoms with Crippen molar-refractivity contribution in [3.8, 4) is 11.5 Å².